The molecule has 0 atom stereocenters. The number of pyridine rings is 2. The van der Waals surface area contributed by atoms with Crippen molar-refractivity contribution in [3.8, 4) is 0 Å². The molecule has 4 rings (SSSR count). The lowest BCUT2D eigenvalue weighted by Crippen LogP contribution is -2.26. The van der Waals surface area contributed by atoms with Crippen LogP contribution < -0.4 is 10.6 Å². The van der Waals surface area contributed by atoms with Crippen molar-refractivity contribution in [1.82, 2.24) is 15.3 Å². The van der Waals surface area contributed by atoms with Gasteiger partial charge in [0, 0.05) is 35.9 Å². The fourth-order valence-corrected chi connectivity index (χ4v) is 3.60. The van der Waals surface area contributed by atoms with Crippen LogP contribution in [-0.4, -0.2) is 21.9 Å². The Hall–Kier alpha value is -2.79. The smallest absolute Gasteiger partial charge is 0.256 e. The van der Waals surface area contributed by atoms with E-state index in [4.69, 9.17) is 0 Å². The van der Waals surface area contributed by atoms with Crippen LogP contribution in [0.1, 0.15) is 47.3 Å². The van der Waals surface area contributed by atoms with Gasteiger partial charge in [-0.3, -0.25) is 9.78 Å². The molecule has 1 amide bonds. The van der Waals surface area contributed by atoms with Gasteiger partial charge in [-0.15, -0.1) is 0 Å². The van der Waals surface area contributed by atoms with E-state index < -0.39 is 0 Å². The molecule has 0 unspecified atom stereocenters. The average molecular weight is 360 g/mol. The fourth-order valence-electron chi connectivity index (χ4n) is 3.60. The number of carbonyl (C=O) groups excluding carboxylic acids is 1. The van der Waals surface area contributed by atoms with Crippen LogP contribution >= 0.6 is 0 Å². The van der Waals surface area contributed by atoms with Gasteiger partial charge in [-0.2, -0.15) is 0 Å². The molecule has 1 fully saturated rings. The van der Waals surface area contributed by atoms with Crippen molar-refractivity contribution in [3.05, 3.63) is 65.6 Å². The molecule has 2 aromatic heterocycles. The summed E-state index contributed by atoms with van der Waals surface area (Å²) in [6.07, 6.45) is 8.63. The molecule has 5 nitrogen and oxygen atoms in total. The maximum absolute atomic E-state index is 12.6. The molecule has 1 aromatic carbocycles. The standard InChI is InChI=1S/C22H24N4O/c1-15-6-9-21(25-20(15)14-24-19-4-2-3-5-19)26-22(27)17-7-8-18-13-23-11-10-16(18)12-17/h6-13,19,24H,2-5,14H2,1H3,(H,25,26,27). The molecule has 0 saturated heterocycles. The number of carbonyl (C=O) groups is 1. The third kappa shape index (κ3) is 4.14. The molecule has 5 heteroatoms. The summed E-state index contributed by atoms with van der Waals surface area (Å²) >= 11 is 0. The number of aryl methyl sites for hydroxylation is 1. The highest BCUT2D eigenvalue weighted by molar-refractivity contribution is 6.05. The van der Waals surface area contributed by atoms with Crippen LogP contribution in [0.3, 0.4) is 0 Å². The largest absolute Gasteiger partial charge is 0.308 e. The molecule has 1 aliphatic rings. The first-order valence-electron chi connectivity index (χ1n) is 9.54. The zero-order valence-electron chi connectivity index (χ0n) is 15.5. The van der Waals surface area contributed by atoms with Gasteiger partial charge < -0.3 is 10.6 Å². The fraction of sp³-hybridized carbons (Fsp3) is 0.318. The highest BCUT2D eigenvalue weighted by Gasteiger charge is 2.15. The Morgan fingerprint density at radius 3 is 2.81 bits per heavy atom. The number of aromatic nitrogens is 2. The van der Waals surface area contributed by atoms with Crippen LogP contribution in [-0.2, 0) is 6.54 Å². The number of nitrogens with zero attached hydrogens (tertiary/aromatic N) is 2. The van der Waals surface area contributed by atoms with Crippen molar-refractivity contribution in [2.24, 2.45) is 0 Å². The van der Waals surface area contributed by atoms with E-state index in [0.29, 0.717) is 17.4 Å². The third-order valence-corrected chi connectivity index (χ3v) is 5.26. The Balaban J connectivity index is 1.47. The molecule has 27 heavy (non-hydrogen) atoms. The summed E-state index contributed by atoms with van der Waals surface area (Å²) in [4.78, 5) is 21.4. The molecular weight excluding hydrogens is 336 g/mol. The van der Waals surface area contributed by atoms with Gasteiger partial charge in [-0.1, -0.05) is 25.0 Å². The lowest BCUT2D eigenvalue weighted by Gasteiger charge is -2.14. The molecule has 138 valence electrons. The van der Waals surface area contributed by atoms with Gasteiger partial charge in [-0.05, 0) is 55.0 Å². The summed E-state index contributed by atoms with van der Waals surface area (Å²) in [6, 6.07) is 12.0. The zero-order valence-corrected chi connectivity index (χ0v) is 15.5. The van der Waals surface area contributed by atoms with E-state index in [0.717, 1.165) is 28.6 Å². The van der Waals surface area contributed by atoms with Crippen LogP contribution in [0.2, 0.25) is 0 Å². The number of rotatable bonds is 5. The molecular formula is C22H24N4O. The summed E-state index contributed by atoms with van der Waals surface area (Å²) in [7, 11) is 0. The lowest BCUT2D eigenvalue weighted by molar-refractivity contribution is 0.102. The minimum atomic E-state index is -0.153. The number of hydrogen-bond acceptors (Lipinski definition) is 4. The summed E-state index contributed by atoms with van der Waals surface area (Å²) in [5.74, 6) is 0.434. The second kappa shape index (κ2) is 7.84. The van der Waals surface area contributed by atoms with E-state index in [-0.39, 0.29) is 5.91 Å². The minimum Gasteiger partial charge on any atom is -0.308 e. The SMILES string of the molecule is Cc1ccc(NC(=O)c2ccc3cnccc3c2)nc1CNC1CCCC1. The highest BCUT2D eigenvalue weighted by Crippen LogP contribution is 2.19. The van der Waals surface area contributed by atoms with Gasteiger partial charge in [0.25, 0.3) is 5.91 Å². The predicted molar refractivity (Wildman–Crippen MR) is 108 cm³/mol. The van der Waals surface area contributed by atoms with Gasteiger partial charge in [0.2, 0.25) is 0 Å². The second-order valence-corrected chi connectivity index (χ2v) is 7.21. The number of anilines is 1. The highest BCUT2D eigenvalue weighted by atomic mass is 16.1. The van der Waals surface area contributed by atoms with Gasteiger partial charge in [-0.25, -0.2) is 4.98 Å². The van der Waals surface area contributed by atoms with E-state index in [1.54, 1.807) is 12.4 Å². The normalized spacial score (nSPS) is 14.6. The van der Waals surface area contributed by atoms with Gasteiger partial charge >= 0.3 is 0 Å². The average Bonchev–Trinajstić information content (AvgIpc) is 3.21. The first kappa shape index (κ1) is 17.6. The molecule has 0 spiro atoms. The van der Waals surface area contributed by atoms with Crippen molar-refractivity contribution in [2.45, 2.75) is 45.2 Å². The van der Waals surface area contributed by atoms with E-state index in [9.17, 15) is 4.79 Å². The molecule has 2 N–H and O–H groups in total. The van der Waals surface area contributed by atoms with E-state index in [1.165, 1.54) is 25.7 Å². The van der Waals surface area contributed by atoms with Crippen LogP contribution in [0.5, 0.6) is 0 Å². The minimum absolute atomic E-state index is 0.153. The monoisotopic (exact) mass is 360 g/mol. The molecule has 0 radical (unpaired) electrons. The Kier molecular flexibility index (Phi) is 5.12. The number of hydrogen-bond donors (Lipinski definition) is 2. The Morgan fingerprint density at radius 1 is 1.11 bits per heavy atom. The predicted octanol–water partition coefficient (Wildman–Crippen LogP) is 4.22. The molecule has 1 aliphatic carbocycles. The third-order valence-electron chi connectivity index (χ3n) is 5.26. The molecule has 0 aliphatic heterocycles. The number of amides is 1. The Bertz CT molecular complexity index is 963. The number of benzene rings is 1. The van der Waals surface area contributed by atoms with Crippen molar-refractivity contribution >= 4 is 22.5 Å². The summed E-state index contributed by atoms with van der Waals surface area (Å²) < 4.78 is 0. The van der Waals surface area contributed by atoms with Crippen molar-refractivity contribution in [3.63, 3.8) is 0 Å². The van der Waals surface area contributed by atoms with E-state index >= 15 is 0 Å². The molecule has 0 bridgehead atoms. The van der Waals surface area contributed by atoms with Gasteiger partial charge in [0.05, 0.1) is 5.69 Å². The van der Waals surface area contributed by atoms with Gasteiger partial charge in [0.1, 0.15) is 5.82 Å². The number of fused-ring (bicyclic) bond motifs is 1. The molecule has 1 saturated carbocycles. The van der Waals surface area contributed by atoms with Crippen molar-refractivity contribution in [1.29, 1.82) is 0 Å². The first-order chi connectivity index (χ1) is 13.2. The van der Waals surface area contributed by atoms with E-state index in [1.807, 2.05) is 36.4 Å². The summed E-state index contributed by atoms with van der Waals surface area (Å²) in [6.45, 7) is 2.80. The van der Waals surface area contributed by atoms with Crippen molar-refractivity contribution < 1.29 is 4.79 Å². The zero-order chi connectivity index (χ0) is 18.6. The van der Waals surface area contributed by atoms with Crippen LogP contribution in [0, 0.1) is 6.92 Å². The second-order valence-electron chi connectivity index (χ2n) is 7.21. The summed E-state index contributed by atoms with van der Waals surface area (Å²) in [5, 5.41) is 8.53. The Morgan fingerprint density at radius 2 is 1.96 bits per heavy atom. The number of nitrogens with one attached hydrogen (secondary N) is 2. The molecule has 2 heterocycles. The lowest BCUT2D eigenvalue weighted by atomic mass is 10.1. The molecule has 3 aromatic rings. The van der Waals surface area contributed by atoms with Gasteiger partial charge in [0.15, 0.2) is 0 Å². The van der Waals surface area contributed by atoms with E-state index in [2.05, 4.69) is 27.5 Å². The topological polar surface area (TPSA) is 66.9 Å². The van der Waals surface area contributed by atoms with Crippen molar-refractivity contribution in [2.75, 3.05) is 5.32 Å². The van der Waals surface area contributed by atoms with Crippen LogP contribution in [0.4, 0.5) is 5.82 Å². The summed E-state index contributed by atoms with van der Waals surface area (Å²) in [5.41, 5.74) is 2.74. The first-order valence-corrected chi connectivity index (χ1v) is 9.54. The van der Waals surface area contributed by atoms with Crippen LogP contribution in [0.15, 0.2) is 48.8 Å². The Labute approximate surface area is 159 Å². The maximum Gasteiger partial charge on any atom is 0.256 e. The quantitative estimate of drug-likeness (QED) is 0.715. The maximum atomic E-state index is 12.6. The van der Waals surface area contributed by atoms with Crippen LogP contribution in [0.25, 0.3) is 10.8 Å².